The van der Waals surface area contributed by atoms with Crippen LogP contribution < -0.4 is 4.72 Å². The van der Waals surface area contributed by atoms with Gasteiger partial charge in [0.05, 0.1) is 11.9 Å². The first-order valence-corrected chi connectivity index (χ1v) is 7.09. The van der Waals surface area contributed by atoms with Gasteiger partial charge in [-0.15, -0.1) is 0 Å². The average molecular weight is 311 g/mol. The largest absolute Gasteiger partial charge is 0.478 e. The van der Waals surface area contributed by atoms with Crippen LogP contribution in [0.3, 0.4) is 0 Å². The van der Waals surface area contributed by atoms with Crippen LogP contribution in [0.5, 0.6) is 0 Å². The van der Waals surface area contributed by atoms with Crippen molar-refractivity contribution in [2.45, 2.75) is 5.03 Å². The van der Waals surface area contributed by atoms with Crippen LogP contribution >= 0.6 is 0 Å². The van der Waals surface area contributed by atoms with Crippen LogP contribution in [0.25, 0.3) is 6.08 Å². The van der Waals surface area contributed by atoms with Gasteiger partial charge in [-0.05, 0) is 29.8 Å². The van der Waals surface area contributed by atoms with Crippen molar-refractivity contribution >= 4 is 27.8 Å². The molecule has 21 heavy (non-hydrogen) atoms. The number of carbonyl (C=O) groups is 1. The number of carboxylic acid groups (broad SMARTS) is 1. The van der Waals surface area contributed by atoms with Gasteiger partial charge >= 0.3 is 5.97 Å². The van der Waals surface area contributed by atoms with E-state index in [1.165, 1.54) is 30.5 Å². The SMILES string of the molecule is O=C(O)/C=C/c1ccc(NS(=O)(=O)c2ccn[nH]2)c(F)c1. The average Bonchev–Trinajstić information content (AvgIpc) is 2.94. The minimum Gasteiger partial charge on any atom is -0.478 e. The molecule has 0 atom stereocenters. The Labute approximate surface area is 119 Å². The van der Waals surface area contributed by atoms with E-state index in [4.69, 9.17) is 5.11 Å². The molecule has 0 aliphatic rings. The molecule has 0 unspecified atom stereocenters. The highest BCUT2D eigenvalue weighted by Crippen LogP contribution is 2.20. The van der Waals surface area contributed by atoms with Crippen LogP contribution in [0.1, 0.15) is 5.56 Å². The first kappa shape index (κ1) is 14.7. The van der Waals surface area contributed by atoms with E-state index in [0.29, 0.717) is 5.56 Å². The number of hydrogen-bond donors (Lipinski definition) is 3. The molecule has 0 fully saturated rings. The molecule has 1 aromatic carbocycles. The monoisotopic (exact) mass is 311 g/mol. The molecule has 0 spiro atoms. The summed E-state index contributed by atoms with van der Waals surface area (Å²) in [5.41, 5.74) is 0.0384. The first-order chi connectivity index (χ1) is 9.88. The molecule has 7 nitrogen and oxygen atoms in total. The van der Waals surface area contributed by atoms with Crippen molar-refractivity contribution in [2.24, 2.45) is 0 Å². The summed E-state index contributed by atoms with van der Waals surface area (Å²) >= 11 is 0. The van der Waals surface area contributed by atoms with Crippen molar-refractivity contribution in [3.63, 3.8) is 0 Å². The number of aliphatic carboxylic acids is 1. The summed E-state index contributed by atoms with van der Waals surface area (Å²) < 4.78 is 39.6. The second-order valence-corrected chi connectivity index (χ2v) is 5.59. The molecule has 0 aliphatic heterocycles. The highest BCUT2D eigenvalue weighted by Gasteiger charge is 2.17. The Morgan fingerprint density at radius 3 is 2.71 bits per heavy atom. The molecule has 0 bridgehead atoms. The maximum atomic E-state index is 13.8. The number of nitrogens with zero attached hydrogens (tertiary/aromatic N) is 1. The van der Waals surface area contributed by atoms with E-state index in [-0.39, 0.29) is 10.7 Å². The Bertz CT molecular complexity index is 785. The standard InChI is InChI=1S/C12H10FN3O4S/c13-9-7-8(2-4-12(17)18)1-3-10(9)16-21(19,20)11-5-6-14-15-11/h1-7,16H,(H,14,15)(H,17,18)/b4-2+. The zero-order valence-corrected chi connectivity index (χ0v) is 11.3. The summed E-state index contributed by atoms with van der Waals surface area (Å²) in [6.45, 7) is 0. The number of halogens is 1. The molecule has 3 N–H and O–H groups in total. The number of benzene rings is 1. The number of sulfonamides is 1. The lowest BCUT2D eigenvalue weighted by Gasteiger charge is -2.07. The molecule has 1 aromatic heterocycles. The van der Waals surface area contributed by atoms with Gasteiger partial charge in [0.25, 0.3) is 10.0 Å². The number of carboxylic acids is 1. The van der Waals surface area contributed by atoms with Gasteiger partial charge in [-0.25, -0.2) is 9.18 Å². The fraction of sp³-hybridized carbons (Fsp3) is 0. The van der Waals surface area contributed by atoms with E-state index in [1.807, 2.05) is 0 Å². The lowest BCUT2D eigenvalue weighted by molar-refractivity contribution is -0.131. The number of aromatic nitrogens is 2. The quantitative estimate of drug-likeness (QED) is 0.723. The maximum absolute atomic E-state index is 13.8. The van der Waals surface area contributed by atoms with E-state index >= 15 is 0 Å². The topological polar surface area (TPSA) is 112 Å². The summed E-state index contributed by atoms with van der Waals surface area (Å²) in [5.74, 6) is -2.00. The summed E-state index contributed by atoms with van der Waals surface area (Å²) in [7, 11) is -3.95. The van der Waals surface area contributed by atoms with Crippen LogP contribution in [0.15, 0.2) is 41.6 Å². The number of anilines is 1. The van der Waals surface area contributed by atoms with Crippen LogP contribution in [0, 0.1) is 5.82 Å². The Morgan fingerprint density at radius 2 is 2.14 bits per heavy atom. The Morgan fingerprint density at radius 1 is 1.38 bits per heavy atom. The van der Waals surface area contributed by atoms with E-state index in [9.17, 15) is 17.6 Å². The summed E-state index contributed by atoms with van der Waals surface area (Å²) in [6.07, 6.45) is 3.30. The smallest absolute Gasteiger partial charge is 0.328 e. The molecular weight excluding hydrogens is 301 g/mol. The normalized spacial score (nSPS) is 11.7. The van der Waals surface area contributed by atoms with Gasteiger partial charge in [0.2, 0.25) is 0 Å². The van der Waals surface area contributed by atoms with E-state index in [2.05, 4.69) is 14.9 Å². The summed E-state index contributed by atoms with van der Waals surface area (Å²) in [6, 6.07) is 4.83. The predicted octanol–water partition coefficient (Wildman–Crippen LogP) is 1.45. The predicted molar refractivity (Wildman–Crippen MR) is 72.5 cm³/mol. The van der Waals surface area contributed by atoms with Crippen LogP contribution in [-0.2, 0) is 14.8 Å². The van der Waals surface area contributed by atoms with Gasteiger partial charge < -0.3 is 5.11 Å². The van der Waals surface area contributed by atoms with E-state index < -0.39 is 21.8 Å². The molecule has 0 saturated heterocycles. The lowest BCUT2D eigenvalue weighted by Crippen LogP contribution is -2.14. The molecule has 110 valence electrons. The highest BCUT2D eigenvalue weighted by atomic mass is 32.2. The molecule has 1 heterocycles. The molecule has 0 saturated carbocycles. The molecule has 0 aliphatic carbocycles. The maximum Gasteiger partial charge on any atom is 0.328 e. The third kappa shape index (κ3) is 3.66. The molecule has 9 heteroatoms. The minimum absolute atomic E-state index is 0.197. The van der Waals surface area contributed by atoms with Crippen molar-refractivity contribution in [1.82, 2.24) is 10.2 Å². The fourth-order valence-electron chi connectivity index (χ4n) is 1.48. The molecule has 0 amide bonds. The van der Waals surface area contributed by atoms with Crippen molar-refractivity contribution in [3.8, 4) is 0 Å². The number of hydrogen-bond acceptors (Lipinski definition) is 4. The van der Waals surface area contributed by atoms with Gasteiger partial charge in [-0.1, -0.05) is 6.07 Å². The second-order valence-electron chi connectivity index (χ2n) is 3.94. The van der Waals surface area contributed by atoms with Crippen molar-refractivity contribution in [1.29, 1.82) is 0 Å². The third-order valence-electron chi connectivity index (χ3n) is 2.42. The van der Waals surface area contributed by atoms with Crippen LogP contribution in [0.2, 0.25) is 0 Å². The highest BCUT2D eigenvalue weighted by molar-refractivity contribution is 7.92. The van der Waals surface area contributed by atoms with E-state index in [1.54, 1.807) is 0 Å². The minimum atomic E-state index is -3.95. The number of aromatic amines is 1. The summed E-state index contributed by atoms with van der Waals surface area (Å²) in [4.78, 5) is 10.4. The first-order valence-electron chi connectivity index (χ1n) is 5.61. The summed E-state index contributed by atoms with van der Waals surface area (Å²) in [5, 5.41) is 14.0. The molecule has 2 aromatic rings. The number of H-pyrrole nitrogens is 1. The molecular formula is C12H10FN3O4S. The lowest BCUT2D eigenvalue weighted by atomic mass is 10.2. The Hall–Kier alpha value is -2.68. The van der Waals surface area contributed by atoms with Gasteiger partial charge in [0.1, 0.15) is 5.82 Å². The Kier molecular flexibility index (Phi) is 4.03. The zero-order valence-electron chi connectivity index (χ0n) is 10.4. The molecule has 2 rings (SSSR count). The van der Waals surface area contributed by atoms with Gasteiger partial charge in [0.15, 0.2) is 5.03 Å². The second kappa shape index (κ2) is 5.75. The number of rotatable bonds is 5. The third-order valence-corrected chi connectivity index (χ3v) is 3.72. The molecule has 0 radical (unpaired) electrons. The van der Waals surface area contributed by atoms with E-state index in [0.717, 1.165) is 12.1 Å². The number of nitrogens with one attached hydrogen (secondary N) is 2. The Balaban J connectivity index is 2.24. The van der Waals surface area contributed by atoms with Crippen LogP contribution in [-0.4, -0.2) is 29.7 Å². The van der Waals surface area contributed by atoms with Gasteiger partial charge in [0, 0.05) is 6.08 Å². The van der Waals surface area contributed by atoms with Gasteiger partial charge in [-0.3, -0.25) is 9.82 Å². The van der Waals surface area contributed by atoms with Crippen molar-refractivity contribution < 1.29 is 22.7 Å². The zero-order chi connectivity index (χ0) is 15.5. The van der Waals surface area contributed by atoms with Gasteiger partial charge in [-0.2, -0.15) is 13.5 Å². The van der Waals surface area contributed by atoms with Crippen molar-refractivity contribution in [2.75, 3.05) is 4.72 Å². The van der Waals surface area contributed by atoms with Crippen LogP contribution in [0.4, 0.5) is 10.1 Å². The fourth-order valence-corrected chi connectivity index (χ4v) is 2.46. The van der Waals surface area contributed by atoms with Crippen molar-refractivity contribution in [3.05, 3.63) is 47.9 Å².